The van der Waals surface area contributed by atoms with E-state index in [1.165, 1.54) is 6.07 Å². The van der Waals surface area contributed by atoms with Gasteiger partial charge in [0.05, 0.1) is 17.1 Å². The van der Waals surface area contributed by atoms with Crippen molar-refractivity contribution in [3.8, 4) is 0 Å². The van der Waals surface area contributed by atoms with E-state index in [4.69, 9.17) is 0 Å². The van der Waals surface area contributed by atoms with E-state index < -0.39 is 5.97 Å². The second-order valence-electron chi connectivity index (χ2n) is 7.31. The summed E-state index contributed by atoms with van der Waals surface area (Å²) < 4.78 is 0. The number of anilines is 3. The third kappa shape index (κ3) is 3.65. The van der Waals surface area contributed by atoms with Crippen molar-refractivity contribution in [1.82, 2.24) is 20.2 Å². The summed E-state index contributed by atoms with van der Waals surface area (Å²) in [6, 6.07) is 6.43. The Kier molecular flexibility index (Phi) is 5.45. The second kappa shape index (κ2) is 8.21. The van der Waals surface area contributed by atoms with Crippen LogP contribution in [0.2, 0.25) is 0 Å². The van der Waals surface area contributed by atoms with Crippen LogP contribution < -0.4 is 15.1 Å². The van der Waals surface area contributed by atoms with Gasteiger partial charge in [0, 0.05) is 18.8 Å². The van der Waals surface area contributed by atoms with E-state index in [0.717, 1.165) is 30.8 Å². The predicted molar refractivity (Wildman–Crippen MR) is 118 cm³/mol. The molecule has 1 saturated heterocycles. The van der Waals surface area contributed by atoms with Crippen LogP contribution in [0.4, 0.5) is 22.1 Å². The summed E-state index contributed by atoms with van der Waals surface area (Å²) >= 11 is 0. The number of amides is 2. The molecule has 1 unspecified atom stereocenters. The Morgan fingerprint density at radius 2 is 2.00 bits per heavy atom. The predicted octanol–water partition coefficient (Wildman–Crippen LogP) is 3.41. The summed E-state index contributed by atoms with van der Waals surface area (Å²) in [5.74, 6) is -0.377. The number of urea groups is 1. The molecule has 10 nitrogen and oxygen atoms in total. The number of H-pyrrole nitrogens is 1. The molecule has 0 aromatic carbocycles. The van der Waals surface area contributed by atoms with E-state index in [1.54, 1.807) is 11.0 Å². The lowest BCUT2D eigenvalue weighted by Crippen LogP contribution is -2.56. The maximum Gasteiger partial charge on any atom is 0.354 e. The summed E-state index contributed by atoms with van der Waals surface area (Å²) in [4.78, 5) is 37.1. The largest absolute Gasteiger partial charge is 0.477 e. The maximum atomic E-state index is 13.3. The summed E-state index contributed by atoms with van der Waals surface area (Å²) in [5, 5.41) is 19.9. The van der Waals surface area contributed by atoms with Crippen LogP contribution in [0.1, 0.15) is 42.9 Å². The summed E-state index contributed by atoms with van der Waals surface area (Å²) in [5.41, 5.74) is 2.11. The molecule has 2 aliphatic heterocycles. The van der Waals surface area contributed by atoms with E-state index >= 15 is 0 Å². The molecule has 1 atom stereocenters. The number of aromatic nitrogens is 4. The number of fused-ring (bicyclic) bond motifs is 5. The first-order chi connectivity index (χ1) is 15.0. The number of carboxylic acid groups (broad SMARTS) is 1. The quantitative estimate of drug-likeness (QED) is 0.576. The Labute approximate surface area is 179 Å². The van der Waals surface area contributed by atoms with Crippen molar-refractivity contribution < 1.29 is 14.7 Å². The lowest BCUT2D eigenvalue weighted by Gasteiger charge is -2.45. The number of aromatic amines is 1. The Balaban J connectivity index is 0.00000112. The number of nitrogens with one attached hydrogen (secondary N) is 2. The lowest BCUT2D eigenvalue weighted by molar-refractivity contribution is 0.0690. The number of carboxylic acids is 1. The molecule has 2 amide bonds. The van der Waals surface area contributed by atoms with Crippen molar-refractivity contribution in [3.05, 3.63) is 35.7 Å². The third-order valence-electron chi connectivity index (χ3n) is 5.41. The molecular formula is C21H25N7O3. The van der Waals surface area contributed by atoms with E-state index in [-0.39, 0.29) is 17.8 Å². The fourth-order valence-corrected chi connectivity index (χ4v) is 4.06. The van der Waals surface area contributed by atoms with E-state index in [0.29, 0.717) is 29.2 Å². The van der Waals surface area contributed by atoms with Crippen LogP contribution in [0.25, 0.3) is 11.0 Å². The Hall–Kier alpha value is -3.69. The molecule has 0 radical (unpaired) electrons. The van der Waals surface area contributed by atoms with Crippen molar-refractivity contribution in [1.29, 1.82) is 0 Å². The molecule has 0 aliphatic carbocycles. The average Bonchev–Trinajstić information content (AvgIpc) is 3.16. The van der Waals surface area contributed by atoms with Gasteiger partial charge in [0.25, 0.3) is 0 Å². The number of nitrogens with zero attached hydrogens (tertiary/aromatic N) is 5. The van der Waals surface area contributed by atoms with E-state index in [2.05, 4.69) is 30.4 Å². The number of hydrogen-bond acceptors (Lipinski definition) is 6. The smallest absolute Gasteiger partial charge is 0.354 e. The number of aryl methyl sites for hydroxylation is 1. The van der Waals surface area contributed by atoms with Gasteiger partial charge in [-0.15, -0.1) is 0 Å². The van der Waals surface area contributed by atoms with Crippen LogP contribution in [0.5, 0.6) is 0 Å². The molecule has 1 fully saturated rings. The van der Waals surface area contributed by atoms with Crippen molar-refractivity contribution >= 4 is 40.4 Å². The zero-order valence-electron chi connectivity index (χ0n) is 17.7. The minimum absolute atomic E-state index is 0.0848. The van der Waals surface area contributed by atoms with Crippen LogP contribution in [0, 0.1) is 6.92 Å². The van der Waals surface area contributed by atoms with Crippen LogP contribution in [0.15, 0.2) is 24.3 Å². The minimum atomic E-state index is -1.13. The number of carbonyl (C=O) groups is 2. The number of carbonyl (C=O) groups excluding carboxylic acids is 1. The number of pyridine rings is 2. The molecule has 10 heteroatoms. The van der Waals surface area contributed by atoms with Crippen LogP contribution in [-0.4, -0.2) is 56.4 Å². The van der Waals surface area contributed by atoms with Gasteiger partial charge in [-0.1, -0.05) is 13.8 Å². The molecule has 162 valence electrons. The fourth-order valence-electron chi connectivity index (χ4n) is 4.06. The van der Waals surface area contributed by atoms with Crippen molar-refractivity contribution in [2.24, 2.45) is 0 Å². The van der Waals surface area contributed by atoms with Gasteiger partial charge in [-0.2, -0.15) is 5.10 Å². The molecule has 31 heavy (non-hydrogen) atoms. The van der Waals surface area contributed by atoms with Crippen LogP contribution >= 0.6 is 0 Å². The van der Waals surface area contributed by atoms with Gasteiger partial charge in [-0.3, -0.25) is 15.3 Å². The normalized spacial score (nSPS) is 16.9. The van der Waals surface area contributed by atoms with Crippen molar-refractivity contribution in [2.45, 2.75) is 39.7 Å². The van der Waals surface area contributed by atoms with Crippen molar-refractivity contribution in [2.75, 3.05) is 28.2 Å². The first-order valence-corrected chi connectivity index (χ1v) is 10.4. The molecule has 5 heterocycles. The average molecular weight is 423 g/mol. The highest BCUT2D eigenvalue weighted by atomic mass is 16.4. The van der Waals surface area contributed by atoms with E-state index in [1.807, 2.05) is 32.9 Å². The molecule has 3 aromatic rings. The standard InChI is InChI=1S/C19H19N7O3.C2H6/c1-10-4-5-12-15(20-10)23-24-16(12)22-19(29)26-11-3-2-8-25(9-11)14-7-6-13(18(27)28)21-17(14)26;1-2/h4-7,11H,2-3,8-9H2,1H3,(H,27,28)(H2,20,22,23,24,29);1-2H3. The third-order valence-corrected chi connectivity index (χ3v) is 5.41. The number of rotatable bonds is 2. The van der Waals surface area contributed by atoms with Crippen LogP contribution in [-0.2, 0) is 0 Å². The highest BCUT2D eigenvalue weighted by Gasteiger charge is 2.38. The van der Waals surface area contributed by atoms with Gasteiger partial charge < -0.3 is 10.0 Å². The fraction of sp³-hybridized carbons (Fsp3) is 0.381. The molecule has 3 N–H and O–H groups in total. The monoisotopic (exact) mass is 423 g/mol. The van der Waals surface area contributed by atoms with Gasteiger partial charge in [0.15, 0.2) is 23.0 Å². The number of aromatic carboxylic acids is 1. The lowest BCUT2D eigenvalue weighted by atomic mass is 10.00. The van der Waals surface area contributed by atoms with Gasteiger partial charge >= 0.3 is 12.0 Å². The second-order valence-corrected chi connectivity index (χ2v) is 7.31. The first-order valence-electron chi connectivity index (χ1n) is 10.4. The molecule has 0 saturated carbocycles. The van der Waals surface area contributed by atoms with Gasteiger partial charge in [-0.25, -0.2) is 19.6 Å². The zero-order chi connectivity index (χ0) is 22.1. The zero-order valence-corrected chi connectivity index (χ0v) is 17.7. The van der Waals surface area contributed by atoms with E-state index in [9.17, 15) is 14.7 Å². The highest BCUT2D eigenvalue weighted by molar-refractivity contribution is 6.07. The van der Waals surface area contributed by atoms with Gasteiger partial charge in [0.2, 0.25) is 0 Å². The van der Waals surface area contributed by atoms with Crippen molar-refractivity contribution in [3.63, 3.8) is 0 Å². The molecule has 2 aliphatic rings. The molecule has 3 aromatic heterocycles. The minimum Gasteiger partial charge on any atom is -0.477 e. The Bertz CT molecular complexity index is 1140. The molecule has 2 bridgehead atoms. The molecule has 0 spiro atoms. The summed E-state index contributed by atoms with van der Waals surface area (Å²) in [7, 11) is 0. The highest BCUT2D eigenvalue weighted by Crippen LogP contribution is 2.38. The summed E-state index contributed by atoms with van der Waals surface area (Å²) in [6.07, 6.45) is 1.77. The Morgan fingerprint density at radius 3 is 2.77 bits per heavy atom. The topological polar surface area (TPSA) is 127 Å². The Morgan fingerprint density at radius 1 is 1.19 bits per heavy atom. The number of piperidine rings is 1. The first kappa shape index (κ1) is 20.6. The van der Waals surface area contributed by atoms with Gasteiger partial charge in [-0.05, 0) is 44.0 Å². The summed E-state index contributed by atoms with van der Waals surface area (Å²) in [6.45, 7) is 7.43. The number of hydrogen-bond donors (Lipinski definition) is 3. The molecular weight excluding hydrogens is 398 g/mol. The maximum absolute atomic E-state index is 13.3. The SMILES string of the molecule is CC.Cc1ccc2c(NC(=O)N3c4nc(C(=O)O)ccc4N4CCCC3C4)n[nH]c2n1. The van der Waals surface area contributed by atoms with Gasteiger partial charge in [0.1, 0.15) is 0 Å². The molecule has 5 rings (SSSR count). The van der Waals surface area contributed by atoms with Crippen LogP contribution in [0.3, 0.4) is 0 Å².